The summed E-state index contributed by atoms with van der Waals surface area (Å²) in [5.74, 6) is -9.32. The van der Waals surface area contributed by atoms with E-state index in [1.807, 2.05) is 39.0 Å². The predicted octanol–water partition coefficient (Wildman–Crippen LogP) is 19.7. The van der Waals surface area contributed by atoms with Crippen molar-refractivity contribution in [2.24, 2.45) is 0 Å². The summed E-state index contributed by atoms with van der Waals surface area (Å²) in [5, 5.41) is 37.9. The molecule has 0 radical (unpaired) electrons. The molecule has 0 saturated heterocycles. The van der Waals surface area contributed by atoms with E-state index in [-0.39, 0.29) is 134 Å². The van der Waals surface area contributed by atoms with Gasteiger partial charge in [0.05, 0.1) is 22.8 Å². The van der Waals surface area contributed by atoms with E-state index in [0.29, 0.717) is 28.5 Å². The summed E-state index contributed by atoms with van der Waals surface area (Å²) in [5.41, 5.74) is 4.96. The number of hydrogen-bond donors (Lipinski definition) is 0. The van der Waals surface area contributed by atoms with Crippen LogP contribution in [-0.4, -0.2) is 95.4 Å². The number of alkyl halides is 18. The van der Waals surface area contributed by atoms with Crippen LogP contribution in [0.3, 0.4) is 0 Å². The van der Waals surface area contributed by atoms with Crippen LogP contribution in [0.1, 0.15) is 51.4 Å². The molecule has 0 unspecified atom stereocenters. The fourth-order valence-electron chi connectivity index (χ4n) is 9.94. The van der Waals surface area contributed by atoms with Crippen molar-refractivity contribution in [3.8, 4) is 103 Å². The first-order valence-corrected chi connectivity index (χ1v) is 37.2. The zero-order valence-electron chi connectivity index (χ0n) is 68.9. The smallest absolute Gasteiger partial charge is 0.573 e. The second-order valence-corrected chi connectivity index (χ2v) is 26.1. The Labute approximate surface area is 801 Å². The number of aryl methyl sites for hydroxylation is 3. The zero-order valence-corrected chi connectivity index (χ0v) is 76.1. The second-order valence-electron chi connectivity index (χ2n) is 26.1. The molecule has 25 nitrogen and oxygen atoms in total. The standard InChI is InChI=1S/3C12H8F2N.2C9H5F3N3.4C8H4F3N4.3Ir/c3*1-8-4-5-15-12(6-8)10-3-2-9(13)7-11(10)14;2*10-9(11,12)8-5-7(14-15-8)6-3-1-2-4-13-6;4*9-8(10,11)7-13-6(14-15-7)5-3-1-2-4-12-5;;;/h3*2,4-7H,1H3;2*1-5H;4*1-4H;;;/q9*-1;3*+3. The maximum Gasteiger partial charge on any atom is 3.00 e. The van der Waals surface area contributed by atoms with E-state index in [4.69, 9.17) is 0 Å². The summed E-state index contributed by atoms with van der Waals surface area (Å²) in [4.78, 5) is 48.0. The van der Waals surface area contributed by atoms with Crippen LogP contribution in [0.2, 0.25) is 0 Å². The largest absolute Gasteiger partial charge is 3.00 e. The van der Waals surface area contributed by atoms with Crippen LogP contribution in [0.4, 0.5) is 105 Å². The van der Waals surface area contributed by atoms with Gasteiger partial charge in [0.25, 0.3) is 0 Å². The molecule has 15 aromatic heterocycles. The minimum Gasteiger partial charge on any atom is -0.573 e. The Hall–Kier alpha value is -14.7. The third-order valence-electron chi connectivity index (χ3n) is 16.0. The second kappa shape index (κ2) is 50.2. The third kappa shape index (κ3) is 33.7. The van der Waals surface area contributed by atoms with Crippen LogP contribution >= 0.6 is 0 Å². The molecule has 0 spiro atoms. The van der Waals surface area contributed by atoms with E-state index in [9.17, 15) is 105 Å². The van der Waals surface area contributed by atoms with Gasteiger partial charge in [-0.05, 0) is 164 Å². The maximum absolute atomic E-state index is 13.4. The van der Waals surface area contributed by atoms with Crippen molar-refractivity contribution in [1.82, 2.24) is 126 Å². The van der Waals surface area contributed by atoms with Crippen LogP contribution in [0.25, 0.3) is 103 Å². The molecule has 0 aliphatic heterocycles. The van der Waals surface area contributed by atoms with Gasteiger partial charge in [-0.1, -0.05) is 118 Å². The van der Waals surface area contributed by atoms with Crippen molar-refractivity contribution in [3.05, 3.63) is 354 Å². The molecule has 0 saturated carbocycles. The molecule has 0 amide bonds. The summed E-state index contributed by atoms with van der Waals surface area (Å²) < 4.78 is 297. The molecule has 714 valence electrons. The van der Waals surface area contributed by atoms with E-state index < -0.39 is 107 Å². The van der Waals surface area contributed by atoms with Gasteiger partial charge in [-0.15, -0.1) is 36.4 Å². The van der Waals surface area contributed by atoms with Crippen molar-refractivity contribution < 1.29 is 166 Å². The average Bonchev–Trinajstić information content (AvgIpc) is 1.74. The van der Waals surface area contributed by atoms with Crippen LogP contribution in [-0.2, 0) is 97.4 Å². The quantitative estimate of drug-likeness (QED) is 0.0957. The minimum atomic E-state index is -4.57. The first-order chi connectivity index (χ1) is 63.9. The molecule has 0 bridgehead atoms. The number of nitrogens with zero attached hydrogens (tertiary/aromatic N) is 25. The Morgan fingerprint density at radius 1 is 0.232 bits per heavy atom. The van der Waals surface area contributed by atoms with Crippen molar-refractivity contribution in [1.29, 1.82) is 0 Å². The molecular formula is C86H50F24Ir3N25. The van der Waals surface area contributed by atoms with Crippen LogP contribution in [0, 0.1) is 73.9 Å². The number of aromatic nitrogens is 25. The van der Waals surface area contributed by atoms with Crippen LogP contribution in [0.15, 0.2) is 250 Å². The predicted molar refractivity (Wildman–Crippen MR) is 425 cm³/mol. The van der Waals surface area contributed by atoms with Gasteiger partial charge < -0.3 is 75.7 Å². The van der Waals surface area contributed by atoms with Gasteiger partial charge in [0, 0.05) is 102 Å². The van der Waals surface area contributed by atoms with E-state index in [1.54, 1.807) is 122 Å². The van der Waals surface area contributed by atoms with E-state index in [2.05, 4.69) is 144 Å². The maximum atomic E-state index is 13.4. The Morgan fingerprint density at radius 3 is 0.623 bits per heavy atom. The van der Waals surface area contributed by atoms with Gasteiger partial charge in [-0.25, -0.2) is 0 Å². The van der Waals surface area contributed by atoms with E-state index >= 15 is 0 Å². The Morgan fingerprint density at radius 2 is 0.449 bits per heavy atom. The first kappa shape index (κ1) is 110. The molecule has 15 heterocycles. The molecule has 18 aromatic rings. The van der Waals surface area contributed by atoms with Gasteiger partial charge in [0.15, 0.2) is 0 Å². The number of pyridine rings is 9. The van der Waals surface area contributed by atoms with Gasteiger partial charge in [0.1, 0.15) is 34.7 Å². The summed E-state index contributed by atoms with van der Waals surface area (Å²) >= 11 is 0. The molecule has 138 heavy (non-hydrogen) atoms. The SMILES string of the molecule is Cc1ccnc(-c2[c-]cc(F)cc2F)c1.Cc1ccnc(-c2[c-]cc(F)cc2F)c1.Cc1ccnc(-c2[c-]cc(F)cc2F)c1.FC(F)(F)c1cc(-c2ccccn2)[n-]n1.FC(F)(F)c1cc(-c2ccccn2)[n-]n1.FC(F)(F)c1n[n-]c(-c2ccccn2)n1.FC(F)(F)c1n[n-]c(-c2ccccn2)n1.FC(F)(F)c1n[n-]c(-c2ccccn2)n1.FC(F)(F)c1n[n-]c(-c2ccccn2)n1.[Ir+3].[Ir+3].[Ir+3]. The van der Waals surface area contributed by atoms with Crippen LogP contribution < -0.4 is 30.6 Å². The topological polar surface area (TPSA) is 330 Å². The van der Waals surface area contributed by atoms with Crippen molar-refractivity contribution >= 4 is 0 Å². The molecule has 18 rings (SSSR count). The number of hydrogen-bond acceptors (Lipinski definition) is 19. The molecule has 0 atom stereocenters. The molecule has 52 heteroatoms. The minimum absolute atomic E-state index is 0. The summed E-state index contributed by atoms with van der Waals surface area (Å²) in [7, 11) is 0. The fraction of sp³-hybridized carbons (Fsp3) is 0.105. The molecule has 0 aliphatic rings. The van der Waals surface area contributed by atoms with Gasteiger partial charge >= 0.3 is 97.4 Å². The number of halogens is 24. The Balaban J connectivity index is 0.000000211. The first-order valence-electron chi connectivity index (χ1n) is 37.2. The number of rotatable bonds is 9. The summed E-state index contributed by atoms with van der Waals surface area (Å²) in [6, 6.07) is 54.7. The third-order valence-corrected chi connectivity index (χ3v) is 16.0. The van der Waals surface area contributed by atoms with E-state index in [1.165, 1.54) is 61.4 Å². The molecule has 3 aromatic carbocycles. The van der Waals surface area contributed by atoms with E-state index in [0.717, 1.165) is 65.2 Å². The van der Waals surface area contributed by atoms with Crippen molar-refractivity contribution in [2.75, 3.05) is 0 Å². The van der Waals surface area contributed by atoms with Crippen LogP contribution in [0.5, 0.6) is 0 Å². The van der Waals surface area contributed by atoms with Gasteiger partial charge in [-0.3, -0.25) is 76.6 Å². The molecule has 0 N–H and O–H groups in total. The Kier molecular flexibility index (Phi) is 40.1. The van der Waals surface area contributed by atoms with Crippen molar-refractivity contribution in [2.45, 2.75) is 57.8 Å². The summed E-state index contributed by atoms with van der Waals surface area (Å²) in [6.07, 6.45) is -13.7. The van der Waals surface area contributed by atoms with Gasteiger partial charge in [-0.2, -0.15) is 79.0 Å². The number of benzene rings is 3. The fourth-order valence-corrected chi connectivity index (χ4v) is 9.94. The molecule has 0 aliphatic carbocycles. The summed E-state index contributed by atoms with van der Waals surface area (Å²) in [6.45, 7) is 5.64. The van der Waals surface area contributed by atoms with Gasteiger partial charge in [0.2, 0.25) is 0 Å². The zero-order chi connectivity index (χ0) is 97.8. The monoisotopic (exact) mass is 2470 g/mol. The average molecular weight is 2470 g/mol. The van der Waals surface area contributed by atoms with Crippen molar-refractivity contribution in [3.63, 3.8) is 0 Å². The molecular weight excluding hydrogens is 2420 g/mol. The Bertz CT molecular complexity index is 5850. The molecule has 0 fully saturated rings. The normalized spacial score (nSPS) is 11.0.